The van der Waals surface area contributed by atoms with Gasteiger partial charge in [0.2, 0.25) is 0 Å². The standard InChI is InChI=1S/C18H23FN4/c1-23-11-3-2-4-16(23)13-22-18-17(20-9-10-21-18)12-14-5-7-15(19)8-6-14/h5-10,16H,2-4,11-13H2,1H3,(H,21,22). The van der Waals surface area contributed by atoms with Crippen molar-refractivity contribution in [2.45, 2.75) is 31.7 Å². The molecule has 0 saturated carbocycles. The van der Waals surface area contributed by atoms with Crippen LogP contribution in [0, 0.1) is 5.82 Å². The Hall–Kier alpha value is -2.01. The summed E-state index contributed by atoms with van der Waals surface area (Å²) >= 11 is 0. The Balaban J connectivity index is 1.66. The largest absolute Gasteiger partial charge is 0.367 e. The van der Waals surface area contributed by atoms with Crippen molar-refractivity contribution in [1.82, 2.24) is 14.9 Å². The lowest BCUT2D eigenvalue weighted by Gasteiger charge is -2.32. The Morgan fingerprint density at radius 2 is 1.96 bits per heavy atom. The zero-order chi connectivity index (χ0) is 16.1. The van der Waals surface area contributed by atoms with E-state index in [-0.39, 0.29) is 5.82 Å². The quantitative estimate of drug-likeness (QED) is 0.921. The van der Waals surface area contributed by atoms with Crippen LogP contribution in [0.2, 0.25) is 0 Å². The summed E-state index contributed by atoms with van der Waals surface area (Å²) in [5.74, 6) is 0.613. The Bertz CT molecular complexity index is 629. The zero-order valence-electron chi connectivity index (χ0n) is 13.5. The highest BCUT2D eigenvalue weighted by Gasteiger charge is 2.19. The molecule has 3 rings (SSSR count). The van der Waals surface area contributed by atoms with E-state index in [9.17, 15) is 4.39 Å². The van der Waals surface area contributed by atoms with Crippen molar-refractivity contribution in [3.63, 3.8) is 0 Å². The van der Waals surface area contributed by atoms with E-state index in [1.807, 2.05) is 0 Å². The number of benzene rings is 1. The topological polar surface area (TPSA) is 41.0 Å². The number of nitrogens with zero attached hydrogens (tertiary/aromatic N) is 3. The number of likely N-dealkylation sites (tertiary alicyclic amines) is 1. The third kappa shape index (κ3) is 4.26. The van der Waals surface area contributed by atoms with Gasteiger partial charge in [-0.2, -0.15) is 0 Å². The fraction of sp³-hybridized carbons (Fsp3) is 0.444. The summed E-state index contributed by atoms with van der Waals surface area (Å²) in [4.78, 5) is 11.3. The summed E-state index contributed by atoms with van der Waals surface area (Å²) in [5, 5.41) is 3.46. The van der Waals surface area contributed by atoms with E-state index in [1.165, 1.54) is 31.4 Å². The first kappa shape index (κ1) is 15.9. The molecule has 1 unspecified atom stereocenters. The lowest BCUT2D eigenvalue weighted by Crippen LogP contribution is -2.41. The monoisotopic (exact) mass is 314 g/mol. The molecule has 122 valence electrons. The molecule has 2 heterocycles. The van der Waals surface area contributed by atoms with Crippen LogP contribution < -0.4 is 5.32 Å². The van der Waals surface area contributed by atoms with Crippen LogP contribution >= 0.6 is 0 Å². The molecule has 23 heavy (non-hydrogen) atoms. The third-order valence-corrected chi connectivity index (χ3v) is 4.49. The van der Waals surface area contributed by atoms with Crippen LogP contribution in [0.15, 0.2) is 36.7 Å². The number of halogens is 1. The smallest absolute Gasteiger partial charge is 0.148 e. The minimum atomic E-state index is -0.216. The van der Waals surface area contributed by atoms with Crippen LogP contribution in [0.5, 0.6) is 0 Å². The highest BCUT2D eigenvalue weighted by Crippen LogP contribution is 2.18. The van der Waals surface area contributed by atoms with Crippen LogP contribution in [0.3, 0.4) is 0 Å². The van der Waals surface area contributed by atoms with Crippen LogP contribution in [-0.2, 0) is 6.42 Å². The SMILES string of the molecule is CN1CCCCC1CNc1nccnc1Cc1ccc(F)cc1. The van der Waals surface area contributed by atoms with E-state index in [0.29, 0.717) is 12.5 Å². The van der Waals surface area contributed by atoms with Gasteiger partial charge in [-0.15, -0.1) is 0 Å². The van der Waals surface area contributed by atoms with Crippen LogP contribution in [-0.4, -0.2) is 41.0 Å². The number of piperidine rings is 1. The molecule has 1 aliphatic rings. The van der Waals surface area contributed by atoms with Crippen molar-refractivity contribution in [1.29, 1.82) is 0 Å². The second kappa shape index (κ2) is 7.51. The predicted molar refractivity (Wildman–Crippen MR) is 90.0 cm³/mol. The Morgan fingerprint density at radius 1 is 1.17 bits per heavy atom. The first-order valence-electron chi connectivity index (χ1n) is 8.21. The normalized spacial score (nSPS) is 18.8. The molecular formula is C18H23FN4. The van der Waals surface area contributed by atoms with E-state index in [1.54, 1.807) is 24.5 Å². The minimum absolute atomic E-state index is 0.216. The van der Waals surface area contributed by atoms with Crippen LogP contribution in [0.25, 0.3) is 0 Å². The molecule has 1 aromatic heterocycles. The van der Waals surface area contributed by atoms with Gasteiger partial charge in [0.1, 0.15) is 11.6 Å². The van der Waals surface area contributed by atoms with Crippen molar-refractivity contribution in [3.05, 3.63) is 53.7 Å². The number of nitrogens with one attached hydrogen (secondary N) is 1. The van der Waals surface area contributed by atoms with Crippen molar-refractivity contribution >= 4 is 5.82 Å². The predicted octanol–water partition coefficient (Wildman–Crippen LogP) is 3.10. The number of aromatic nitrogens is 2. The molecule has 2 aromatic rings. The second-order valence-electron chi connectivity index (χ2n) is 6.17. The summed E-state index contributed by atoms with van der Waals surface area (Å²) < 4.78 is 13.0. The van der Waals surface area contributed by atoms with Gasteiger partial charge in [-0.05, 0) is 44.1 Å². The van der Waals surface area contributed by atoms with Gasteiger partial charge in [0.15, 0.2) is 0 Å². The van der Waals surface area contributed by atoms with Gasteiger partial charge in [-0.3, -0.25) is 4.98 Å². The average Bonchev–Trinajstić information content (AvgIpc) is 2.57. The van der Waals surface area contributed by atoms with E-state index in [2.05, 4.69) is 27.2 Å². The van der Waals surface area contributed by atoms with Gasteiger partial charge in [-0.25, -0.2) is 9.37 Å². The third-order valence-electron chi connectivity index (χ3n) is 4.49. The van der Waals surface area contributed by atoms with Crippen molar-refractivity contribution < 1.29 is 4.39 Å². The fourth-order valence-electron chi connectivity index (χ4n) is 3.06. The number of rotatable bonds is 5. The van der Waals surface area contributed by atoms with Gasteiger partial charge >= 0.3 is 0 Å². The molecule has 1 atom stereocenters. The molecule has 1 aliphatic heterocycles. The zero-order valence-corrected chi connectivity index (χ0v) is 13.5. The molecule has 0 bridgehead atoms. The minimum Gasteiger partial charge on any atom is -0.367 e. The van der Waals surface area contributed by atoms with Crippen LogP contribution in [0.1, 0.15) is 30.5 Å². The van der Waals surface area contributed by atoms with Crippen molar-refractivity contribution in [2.75, 3.05) is 25.5 Å². The van der Waals surface area contributed by atoms with Gasteiger partial charge < -0.3 is 10.2 Å². The average molecular weight is 314 g/mol. The number of hydrogen-bond donors (Lipinski definition) is 1. The van der Waals surface area contributed by atoms with Crippen molar-refractivity contribution in [3.8, 4) is 0 Å². The summed E-state index contributed by atoms with van der Waals surface area (Å²) in [6.45, 7) is 2.04. The lowest BCUT2D eigenvalue weighted by atomic mass is 10.0. The van der Waals surface area contributed by atoms with Gasteiger partial charge in [0, 0.05) is 31.4 Å². The number of anilines is 1. The molecule has 0 aliphatic carbocycles. The van der Waals surface area contributed by atoms with E-state index in [0.717, 1.165) is 30.2 Å². The Morgan fingerprint density at radius 3 is 2.74 bits per heavy atom. The first-order chi connectivity index (χ1) is 11.2. The maximum atomic E-state index is 13.0. The van der Waals surface area contributed by atoms with Crippen LogP contribution in [0.4, 0.5) is 10.2 Å². The molecule has 0 spiro atoms. The summed E-state index contributed by atoms with van der Waals surface area (Å²) in [5.41, 5.74) is 1.93. The first-order valence-corrected chi connectivity index (χ1v) is 8.21. The molecule has 0 radical (unpaired) electrons. The highest BCUT2D eigenvalue weighted by molar-refractivity contribution is 5.42. The molecule has 5 heteroatoms. The number of hydrogen-bond acceptors (Lipinski definition) is 4. The fourth-order valence-corrected chi connectivity index (χ4v) is 3.06. The Kier molecular flexibility index (Phi) is 5.18. The molecule has 0 amide bonds. The van der Waals surface area contributed by atoms with E-state index >= 15 is 0 Å². The number of likely N-dealkylation sites (N-methyl/N-ethyl adjacent to an activating group) is 1. The summed E-state index contributed by atoms with van der Waals surface area (Å²) in [7, 11) is 2.18. The molecule has 1 saturated heterocycles. The van der Waals surface area contributed by atoms with Gasteiger partial charge in [-0.1, -0.05) is 18.6 Å². The Labute approximate surface area is 136 Å². The highest BCUT2D eigenvalue weighted by atomic mass is 19.1. The maximum Gasteiger partial charge on any atom is 0.148 e. The molecule has 1 fully saturated rings. The van der Waals surface area contributed by atoms with E-state index < -0.39 is 0 Å². The lowest BCUT2D eigenvalue weighted by molar-refractivity contribution is 0.194. The molecule has 1 aromatic carbocycles. The summed E-state index contributed by atoms with van der Waals surface area (Å²) in [6.07, 6.45) is 7.86. The van der Waals surface area contributed by atoms with Gasteiger partial charge in [0.25, 0.3) is 0 Å². The van der Waals surface area contributed by atoms with Gasteiger partial charge in [0.05, 0.1) is 5.69 Å². The molecular weight excluding hydrogens is 291 g/mol. The van der Waals surface area contributed by atoms with Crippen molar-refractivity contribution in [2.24, 2.45) is 0 Å². The second-order valence-corrected chi connectivity index (χ2v) is 6.17. The molecule has 4 nitrogen and oxygen atoms in total. The van der Waals surface area contributed by atoms with E-state index in [4.69, 9.17) is 0 Å². The maximum absolute atomic E-state index is 13.0. The summed E-state index contributed by atoms with van der Waals surface area (Å²) in [6, 6.07) is 7.10. The molecule has 1 N–H and O–H groups in total.